The van der Waals surface area contributed by atoms with E-state index in [9.17, 15) is 0 Å². The van der Waals surface area contributed by atoms with E-state index in [1.165, 1.54) is 12.8 Å². The van der Waals surface area contributed by atoms with Crippen molar-refractivity contribution in [2.24, 2.45) is 7.05 Å². The van der Waals surface area contributed by atoms with Crippen LogP contribution < -0.4 is 0 Å². The van der Waals surface area contributed by atoms with Crippen LogP contribution >= 0.6 is 0 Å². The van der Waals surface area contributed by atoms with E-state index in [2.05, 4.69) is 48.7 Å². The van der Waals surface area contributed by atoms with Gasteiger partial charge in [0.1, 0.15) is 11.6 Å². The van der Waals surface area contributed by atoms with Crippen LogP contribution in [0.25, 0.3) is 0 Å². The summed E-state index contributed by atoms with van der Waals surface area (Å²) in [6.45, 7) is 8.89. The topological polar surface area (TPSA) is 76.1 Å². The van der Waals surface area contributed by atoms with Crippen LogP contribution in [-0.4, -0.2) is 60.9 Å². The molecule has 2 aliphatic rings. The predicted molar refractivity (Wildman–Crippen MR) is 87.3 cm³/mol. The Morgan fingerprint density at radius 3 is 2.54 bits per heavy atom. The van der Waals surface area contributed by atoms with Crippen molar-refractivity contribution in [3.63, 3.8) is 0 Å². The highest BCUT2D eigenvalue weighted by Crippen LogP contribution is 2.38. The monoisotopic (exact) mass is 331 g/mol. The number of hydrogen-bond acceptors (Lipinski definition) is 7. The van der Waals surface area contributed by atoms with Crippen LogP contribution in [0.5, 0.6) is 0 Å². The molecule has 1 atom stereocenters. The first-order chi connectivity index (χ1) is 11.6. The van der Waals surface area contributed by atoms with Gasteiger partial charge in [0, 0.05) is 39.1 Å². The number of piperazine rings is 1. The van der Waals surface area contributed by atoms with Gasteiger partial charge in [-0.15, -0.1) is 10.2 Å². The average molecular weight is 331 g/mol. The lowest BCUT2D eigenvalue weighted by Gasteiger charge is -2.36. The third kappa shape index (κ3) is 3.08. The molecular weight excluding hydrogens is 306 g/mol. The maximum atomic E-state index is 5.31. The van der Waals surface area contributed by atoms with Crippen LogP contribution in [0.2, 0.25) is 0 Å². The van der Waals surface area contributed by atoms with Crippen LogP contribution in [0.15, 0.2) is 4.52 Å². The Labute approximate surface area is 141 Å². The highest BCUT2D eigenvalue weighted by molar-refractivity contribution is 5.07. The van der Waals surface area contributed by atoms with Gasteiger partial charge < -0.3 is 9.09 Å². The fourth-order valence-corrected chi connectivity index (χ4v) is 3.36. The van der Waals surface area contributed by atoms with Crippen molar-refractivity contribution in [3.8, 4) is 0 Å². The predicted octanol–water partition coefficient (Wildman–Crippen LogP) is 1.26. The van der Waals surface area contributed by atoms with Crippen molar-refractivity contribution in [3.05, 3.63) is 23.4 Å². The van der Waals surface area contributed by atoms with Crippen LogP contribution in [-0.2, 0) is 13.6 Å². The van der Waals surface area contributed by atoms with Crippen molar-refractivity contribution in [2.45, 2.75) is 45.2 Å². The zero-order valence-corrected chi connectivity index (χ0v) is 14.6. The minimum Gasteiger partial charge on any atom is -0.338 e. The van der Waals surface area contributed by atoms with E-state index in [0.717, 1.165) is 44.4 Å². The number of nitrogens with zero attached hydrogens (tertiary/aromatic N) is 7. The van der Waals surface area contributed by atoms with E-state index in [4.69, 9.17) is 4.52 Å². The summed E-state index contributed by atoms with van der Waals surface area (Å²) < 4.78 is 7.50. The first-order valence-corrected chi connectivity index (χ1v) is 8.76. The van der Waals surface area contributed by atoms with Gasteiger partial charge in [-0.25, -0.2) is 0 Å². The van der Waals surface area contributed by atoms with Gasteiger partial charge in [0.2, 0.25) is 5.89 Å². The van der Waals surface area contributed by atoms with Crippen molar-refractivity contribution < 1.29 is 4.52 Å². The largest absolute Gasteiger partial charge is 0.338 e. The smallest absolute Gasteiger partial charge is 0.243 e. The van der Waals surface area contributed by atoms with Gasteiger partial charge >= 0.3 is 0 Å². The van der Waals surface area contributed by atoms with Gasteiger partial charge in [-0.3, -0.25) is 9.80 Å². The summed E-state index contributed by atoms with van der Waals surface area (Å²) in [5.74, 6) is 4.29. The maximum Gasteiger partial charge on any atom is 0.243 e. The van der Waals surface area contributed by atoms with Crippen LogP contribution in [0.4, 0.5) is 0 Å². The van der Waals surface area contributed by atoms with Crippen LogP contribution in [0.3, 0.4) is 0 Å². The van der Waals surface area contributed by atoms with E-state index in [1.54, 1.807) is 0 Å². The molecule has 3 heterocycles. The molecule has 1 aliphatic heterocycles. The van der Waals surface area contributed by atoms with E-state index in [-0.39, 0.29) is 6.04 Å². The maximum absolute atomic E-state index is 5.31. The Morgan fingerprint density at radius 1 is 1.17 bits per heavy atom. The number of rotatable bonds is 5. The Balaban J connectivity index is 1.33. The first kappa shape index (κ1) is 15.7. The molecule has 8 nitrogen and oxygen atoms in total. The van der Waals surface area contributed by atoms with Crippen LogP contribution in [0, 0.1) is 6.92 Å². The summed E-state index contributed by atoms with van der Waals surface area (Å²) >= 11 is 0. The van der Waals surface area contributed by atoms with E-state index < -0.39 is 0 Å². The van der Waals surface area contributed by atoms with Crippen molar-refractivity contribution in [2.75, 3.05) is 26.2 Å². The van der Waals surface area contributed by atoms with Gasteiger partial charge in [-0.1, -0.05) is 5.16 Å². The highest BCUT2D eigenvalue weighted by atomic mass is 16.5. The molecule has 1 saturated heterocycles. The van der Waals surface area contributed by atoms with Gasteiger partial charge in [0.25, 0.3) is 0 Å². The molecule has 4 rings (SSSR count). The lowest BCUT2D eigenvalue weighted by molar-refractivity contribution is 0.0826. The van der Waals surface area contributed by atoms with E-state index >= 15 is 0 Å². The summed E-state index contributed by atoms with van der Waals surface area (Å²) in [6, 6.07) is 0.171. The summed E-state index contributed by atoms with van der Waals surface area (Å²) in [6.07, 6.45) is 2.52. The molecule has 0 bridgehead atoms. The normalized spacial score (nSPS) is 21.3. The molecule has 1 aliphatic carbocycles. The van der Waals surface area contributed by atoms with Gasteiger partial charge in [-0.05, 0) is 26.7 Å². The molecule has 2 fully saturated rings. The minimum atomic E-state index is 0.171. The Hall–Kier alpha value is -1.80. The molecule has 0 aromatic carbocycles. The molecule has 2 aromatic rings. The molecule has 0 N–H and O–H groups in total. The Morgan fingerprint density at radius 2 is 1.92 bits per heavy atom. The summed E-state index contributed by atoms with van der Waals surface area (Å²) in [5.41, 5.74) is 0. The highest BCUT2D eigenvalue weighted by Gasteiger charge is 2.30. The Bertz CT molecular complexity index is 697. The number of hydrogen-bond donors (Lipinski definition) is 0. The molecule has 130 valence electrons. The lowest BCUT2D eigenvalue weighted by Crippen LogP contribution is -2.47. The molecule has 8 heteroatoms. The third-order valence-electron chi connectivity index (χ3n) is 5.16. The standard InChI is InChI=1S/C16H25N7O/c1-11(16-17-12(2)20-24-16)23-8-6-22(7-9-23)10-14-18-19-15(21(14)3)13-4-5-13/h11,13H,4-10H2,1-3H3/t11-/m0/s1. The second kappa shape index (κ2) is 6.25. The number of aryl methyl sites for hydroxylation is 1. The molecule has 24 heavy (non-hydrogen) atoms. The number of aromatic nitrogens is 5. The molecule has 0 unspecified atom stereocenters. The lowest BCUT2D eigenvalue weighted by atomic mass is 10.2. The van der Waals surface area contributed by atoms with Crippen LogP contribution in [0.1, 0.15) is 55.1 Å². The molecular formula is C16H25N7O. The van der Waals surface area contributed by atoms with Crippen molar-refractivity contribution in [1.29, 1.82) is 0 Å². The first-order valence-electron chi connectivity index (χ1n) is 8.76. The second-order valence-electron chi connectivity index (χ2n) is 6.98. The quantitative estimate of drug-likeness (QED) is 0.816. The van der Waals surface area contributed by atoms with Gasteiger partial charge in [0.05, 0.1) is 12.6 Å². The molecule has 0 radical (unpaired) electrons. The SMILES string of the molecule is Cc1noc([C@H](C)N2CCN(Cc3nnc(C4CC4)n3C)CC2)n1. The minimum absolute atomic E-state index is 0.171. The molecule has 2 aromatic heterocycles. The zero-order chi connectivity index (χ0) is 16.7. The summed E-state index contributed by atoms with van der Waals surface area (Å²) in [4.78, 5) is 9.20. The second-order valence-corrected chi connectivity index (χ2v) is 6.98. The molecule has 1 saturated carbocycles. The van der Waals surface area contributed by atoms with Gasteiger partial charge in [-0.2, -0.15) is 4.98 Å². The van der Waals surface area contributed by atoms with Crippen molar-refractivity contribution in [1.82, 2.24) is 34.7 Å². The van der Waals surface area contributed by atoms with Crippen molar-refractivity contribution >= 4 is 0 Å². The fraction of sp³-hybridized carbons (Fsp3) is 0.750. The van der Waals surface area contributed by atoms with E-state index in [1.807, 2.05) is 6.92 Å². The summed E-state index contributed by atoms with van der Waals surface area (Å²) in [5, 5.41) is 12.7. The zero-order valence-electron chi connectivity index (χ0n) is 14.6. The summed E-state index contributed by atoms with van der Waals surface area (Å²) in [7, 11) is 2.10. The van der Waals surface area contributed by atoms with E-state index in [0.29, 0.717) is 17.6 Å². The average Bonchev–Trinajstić information content (AvgIpc) is 3.24. The van der Waals surface area contributed by atoms with Gasteiger partial charge in [0.15, 0.2) is 5.82 Å². The molecule has 0 amide bonds. The third-order valence-corrected chi connectivity index (χ3v) is 5.16. The Kier molecular flexibility index (Phi) is 4.09. The fourth-order valence-electron chi connectivity index (χ4n) is 3.36. The molecule has 0 spiro atoms.